The van der Waals surface area contributed by atoms with Crippen LogP contribution in [-0.2, 0) is 21.4 Å². The largest absolute Gasteiger partial charge is 0.342 e. The standard InChI is InChI=1S/C13H22N4O3S/c1-21(19,20)15-10-12-4-2-7-16(11-12)13(18)5-9-17-8-3-6-14-17/h3,6,8,12,15H,2,4-5,7,9-11H2,1H3/t12-/m1/s1. The molecule has 7 nitrogen and oxygen atoms in total. The summed E-state index contributed by atoms with van der Waals surface area (Å²) in [5.74, 6) is 0.302. The lowest BCUT2D eigenvalue weighted by molar-refractivity contribution is -0.133. The van der Waals surface area contributed by atoms with Gasteiger partial charge in [0.25, 0.3) is 0 Å². The van der Waals surface area contributed by atoms with Crippen molar-refractivity contribution in [3.05, 3.63) is 18.5 Å². The molecule has 2 rings (SSSR count). The van der Waals surface area contributed by atoms with Crippen molar-refractivity contribution < 1.29 is 13.2 Å². The zero-order valence-electron chi connectivity index (χ0n) is 12.2. The molecular weight excluding hydrogens is 292 g/mol. The lowest BCUT2D eigenvalue weighted by Gasteiger charge is -2.32. The molecule has 118 valence electrons. The molecule has 21 heavy (non-hydrogen) atoms. The summed E-state index contributed by atoms with van der Waals surface area (Å²) in [6, 6.07) is 1.83. The Hall–Kier alpha value is -1.41. The number of likely N-dealkylation sites (tertiary alicyclic amines) is 1. The molecule has 1 saturated heterocycles. The summed E-state index contributed by atoms with van der Waals surface area (Å²) < 4.78 is 26.5. The highest BCUT2D eigenvalue weighted by molar-refractivity contribution is 7.88. The van der Waals surface area contributed by atoms with Gasteiger partial charge < -0.3 is 4.90 Å². The van der Waals surface area contributed by atoms with Crippen LogP contribution in [0.2, 0.25) is 0 Å². The number of sulfonamides is 1. The highest BCUT2D eigenvalue weighted by Crippen LogP contribution is 2.16. The van der Waals surface area contributed by atoms with E-state index >= 15 is 0 Å². The first-order chi connectivity index (χ1) is 9.94. The Kier molecular flexibility index (Phi) is 5.35. The summed E-state index contributed by atoms with van der Waals surface area (Å²) >= 11 is 0. The van der Waals surface area contributed by atoms with E-state index in [2.05, 4.69) is 9.82 Å². The van der Waals surface area contributed by atoms with Crippen molar-refractivity contribution in [2.75, 3.05) is 25.9 Å². The maximum absolute atomic E-state index is 12.2. The molecule has 1 atom stereocenters. The Bertz CT molecular complexity index is 556. The van der Waals surface area contributed by atoms with E-state index in [4.69, 9.17) is 0 Å². The van der Waals surface area contributed by atoms with Gasteiger partial charge in [0.1, 0.15) is 0 Å². The molecule has 0 aromatic carbocycles. The van der Waals surface area contributed by atoms with Crippen LogP contribution in [0.1, 0.15) is 19.3 Å². The van der Waals surface area contributed by atoms with Crippen LogP contribution in [0.15, 0.2) is 18.5 Å². The van der Waals surface area contributed by atoms with Crippen LogP contribution >= 0.6 is 0 Å². The van der Waals surface area contributed by atoms with E-state index in [-0.39, 0.29) is 11.8 Å². The minimum atomic E-state index is -3.17. The van der Waals surface area contributed by atoms with Crippen LogP contribution in [0, 0.1) is 5.92 Å². The number of nitrogens with zero attached hydrogens (tertiary/aromatic N) is 3. The van der Waals surface area contributed by atoms with Gasteiger partial charge in [0.05, 0.1) is 6.26 Å². The quantitative estimate of drug-likeness (QED) is 0.805. The lowest BCUT2D eigenvalue weighted by Crippen LogP contribution is -2.43. The molecule has 0 bridgehead atoms. The molecule has 0 unspecified atom stereocenters. The van der Waals surface area contributed by atoms with Gasteiger partial charge in [-0.1, -0.05) is 0 Å². The van der Waals surface area contributed by atoms with Crippen molar-refractivity contribution in [1.29, 1.82) is 0 Å². The predicted molar refractivity (Wildman–Crippen MR) is 79.0 cm³/mol. The Morgan fingerprint density at radius 2 is 2.29 bits per heavy atom. The topological polar surface area (TPSA) is 84.3 Å². The van der Waals surface area contributed by atoms with E-state index in [0.717, 1.165) is 25.6 Å². The molecule has 1 amide bonds. The third-order valence-corrected chi connectivity index (χ3v) is 4.31. The number of nitrogens with one attached hydrogen (secondary N) is 1. The smallest absolute Gasteiger partial charge is 0.224 e. The number of carbonyl (C=O) groups is 1. The van der Waals surface area contributed by atoms with Gasteiger partial charge in [-0.2, -0.15) is 5.10 Å². The van der Waals surface area contributed by atoms with Crippen LogP contribution < -0.4 is 4.72 Å². The zero-order valence-corrected chi connectivity index (χ0v) is 13.1. The highest BCUT2D eigenvalue weighted by atomic mass is 32.2. The lowest BCUT2D eigenvalue weighted by atomic mass is 9.98. The van der Waals surface area contributed by atoms with Crippen molar-refractivity contribution in [3.63, 3.8) is 0 Å². The third-order valence-electron chi connectivity index (χ3n) is 3.62. The summed E-state index contributed by atoms with van der Waals surface area (Å²) in [6.45, 7) is 2.37. The molecule has 1 aliphatic rings. The zero-order chi connectivity index (χ0) is 15.3. The Morgan fingerprint density at radius 1 is 1.48 bits per heavy atom. The second kappa shape index (κ2) is 7.04. The molecule has 1 aliphatic heterocycles. The van der Waals surface area contributed by atoms with Crippen LogP contribution in [0.3, 0.4) is 0 Å². The Morgan fingerprint density at radius 3 is 2.95 bits per heavy atom. The van der Waals surface area contributed by atoms with Gasteiger partial charge in [-0.15, -0.1) is 0 Å². The SMILES string of the molecule is CS(=O)(=O)NC[C@H]1CCCN(C(=O)CCn2cccn2)C1. The van der Waals surface area contributed by atoms with Crippen LogP contribution in [0.4, 0.5) is 0 Å². The number of piperidine rings is 1. The van der Waals surface area contributed by atoms with E-state index in [1.165, 1.54) is 0 Å². The van der Waals surface area contributed by atoms with E-state index in [1.54, 1.807) is 10.9 Å². The van der Waals surface area contributed by atoms with E-state index in [9.17, 15) is 13.2 Å². The van der Waals surface area contributed by atoms with Gasteiger partial charge in [0.2, 0.25) is 15.9 Å². The van der Waals surface area contributed by atoms with E-state index in [0.29, 0.717) is 26.1 Å². The third kappa shape index (κ3) is 5.47. The Labute approximate surface area is 125 Å². The van der Waals surface area contributed by atoms with Gasteiger partial charge in [0, 0.05) is 45.0 Å². The maximum atomic E-state index is 12.2. The van der Waals surface area contributed by atoms with Crippen LogP contribution in [0.25, 0.3) is 0 Å². The van der Waals surface area contributed by atoms with Gasteiger partial charge in [-0.3, -0.25) is 9.48 Å². The summed E-state index contributed by atoms with van der Waals surface area (Å²) in [5, 5.41) is 4.07. The predicted octanol–water partition coefficient (Wildman–Crippen LogP) is 0.0610. The second-order valence-electron chi connectivity index (χ2n) is 5.49. The van der Waals surface area contributed by atoms with E-state index < -0.39 is 10.0 Å². The van der Waals surface area contributed by atoms with Gasteiger partial charge in [0.15, 0.2) is 0 Å². The fraction of sp³-hybridized carbons (Fsp3) is 0.692. The second-order valence-corrected chi connectivity index (χ2v) is 7.32. The molecule has 1 fully saturated rings. The molecule has 0 spiro atoms. The monoisotopic (exact) mass is 314 g/mol. The molecule has 0 radical (unpaired) electrons. The van der Waals surface area contributed by atoms with Crippen molar-refractivity contribution >= 4 is 15.9 Å². The average molecular weight is 314 g/mol. The number of rotatable bonds is 6. The maximum Gasteiger partial charge on any atom is 0.224 e. The summed E-state index contributed by atoms with van der Waals surface area (Å²) in [6.07, 6.45) is 6.98. The van der Waals surface area contributed by atoms with Crippen molar-refractivity contribution in [2.24, 2.45) is 5.92 Å². The van der Waals surface area contributed by atoms with Gasteiger partial charge in [-0.05, 0) is 24.8 Å². The average Bonchev–Trinajstić information content (AvgIpc) is 2.95. The summed E-state index contributed by atoms with van der Waals surface area (Å²) in [4.78, 5) is 14.0. The van der Waals surface area contributed by atoms with Gasteiger partial charge in [-0.25, -0.2) is 13.1 Å². The number of amides is 1. The number of carbonyl (C=O) groups excluding carboxylic acids is 1. The molecule has 0 aliphatic carbocycles. The minimum absolute atomic E-state index is 0.106. The number of aromatic nitrogens is 2. The first kappa shape index (κ1) is 16.0. The summed E-state index contributed by atoms with van der Waals surface area (Å²) in [5.41, 5.74) is 0. The molecule has 8 heteroatoms. The molecule has 2 heterocycles. The van der Waals surface area contributed by atoms with Crippen molar-refractivity contribution in [1.82, 2.24) is 19.4 Å². The molecule has 1 aromatic rings. The minimum Gasteiger partial charge on any atom is -0.342 e. The normalized spacial score (nSPS) is 19.7. The number of aryl methyl sites for hydroxylation is 1. The van der Waals surface area contributed by atoms with E-state index in [1.807, 2.05) is 17.2 Å². The fourth-order valence-corrected chi connectivity index (χ4v) is 3.07. The van der Waals surface area contributed by atoms with Crippen LogP contribution in [0.5, 0.6) is 0 Å². The fourth-order valence-electron chi connectivity index (χ4n) is 2.53. The number of hydrogen-bond donors (Lipinski definition) is 1. The van der Waals surface area contributed by atoms with Gasteiger partial charge >= 0.3 is 0 Å². The Balaban J connectivity index is 1.78. The first-order valence-corrected chi connectivity index (χ1v) is 9.03. The number of hydrogen-bond acceptors (Lipinski definition) is 4. The summed E-state index contributed by atoms with van der Waals surface area (Å²) in [7, 11) is -3.17. The first-order valence-electron chi connectivity index (χ1n) is 7.14. The highest BCUT2D eigenvalue weighted by Gasteiger charge is 2.23. The molecular formula is C13H22N4O3S. The van der Waals surface area contributed by atoms with Crippen LogP contribution in [-0.4, -0.2) is 54.9 Å². The van der Waals surface area contributed by atoms with Crippen molar-refractivity contribution in [2.45, 2.75) is 25.8 Å². The molecule has 0 saturated carbocycles. The van der Waals surface area contributed by atoms with Crippen molar-refractivity contribution in [3.8, 4) is 0 Å². The molecule has 1 N–H and O–H groups in total. The molecule has 1 aromatic heterocycles.